The van der Waals surface area contributed by atoms with Crippen LogP contribution in [0.2, 0.25) is 0 Å². The number of aromatic nitrogens is 1. The maximum absolute atomic E-state index is 12.1. The van der Waals surface area contributed by atoms with Gasteiger partial charge in [-0.1, -0.05) is 0 Å². The van der Waals surface area contributed by atoms with Crippen molar-refractivity contribution in [3.8, 4) is 0 Å². The van der Waals surface area contributed by atoms with Crippen LogP contribution in [0.5, 0.6) is 0 Å². The molecule has 0 aliphatic carbocycles. The van der Waals surface area contributed by atoms with E-state index in [1.54, 1.807) is 0 Å². The van der Waals surface area contributed by atoms with E-state index in [9.17, 15) is 18.0 Å². The van der Waals surface area contributed by atoms with E-state index < -0.39 is 27.9 Å². The van der Waals surface area contributed by atoms with Gasteiger partial charge in [-0.3, -0.25) is 4.79 Å². The highest BCUT2D eigenvalue weighted by Crippen LogP contribution is 2.23. The van der Waals surface area contributed by atoms with Gasteiger partial charge < -0.3 is 15.8 Å². The molecule has 19 heavy (non-hydrogen) atoms. The second-order valence-corrected chi connectivity index (χ2v) is 5.78. The lowest BCUT2D eigenvalue weighted by molar-refractivity contribution is -0.119. The van der Waals surface area contributed by atoms with Gasteiger partial charge in [0, 0.05) is 11.3 Å². The molecule has 0 fully saturated rings. The van der Waals surface area contributed by atoms with Crippen molar-refractivity contribution in [2.45, 2.75) is 31.7 Å². The molecule has 0 bridgehead atoms. The van der Waals surface area contributed by atoms with Crippen molar-refractivity contribution in [3.63, 3.8) is 0 Å². The highest BCUT2D eigenvalue weighted by Gasteiger charge is 2.28. The van der Waals surface area contributed by atoms with Crippen LogP contribution in [-0.4, -0.2) is 36.4 Å². The van der Waals surface area contributed by atoms with Gasteiger partial charge in [-0.25, -0.2) is 13.2 Å². The summed E-state index contributed by atoms with van der Waals surface area (Å²) >= 11 is 0. The molecule has 8 nitrogen and oxygen atoms in total. The number of amides is 1. The van der Waals surface area contributed by atoms with Crippen molar-refractivity contribution in [2.75, 3.05) is 0 Å². The lowest BCUT2D eigenvalue weighted by Gasteiger charge is -2.11. The molecule has 1 heterocycles. The molecule has 0 aliphatic heterocycles. The maximum atomic E-state index is 12.1. The van der Waals surface area contributed by atoms with Gasteiger partial charge in [0.15, 0.2) is 0 Å². The second-order valence-electron chi connectivity index (χ2n) is 4.13. The molecule has 1 atom stereocenters. The average molecular weight is 289 g/mol. The molecule has 5 N–H and O–H groups in total. The molecule has 0 spiro atoms. The van der Waals surface area contributed by atoms with E-state index in [4.69, 9.17) is 10.8 Å². The predicted molar refractivity (Wildman–Crippen MR) is 66.2 cm³/mol. The zero-order valence-electron chi connectivity index (χ0n) is 10.6. The Morgan fingerprint density at radius 3 is 2.26 bits per heavy atom. The summed E-state index contributed by atoms with van der Waals surface area (Å²) in [5.41, 5.74) is 5.04. The Morgan fingerprint density at radius 1 is 1.37 bits per heavy atom. The van der Waals surface area contributed by atoms with Crippen LogP contribution >= 0.6 is 0 Å². The van der Waals surface area contributed by atoms with E-state index in [1.165, 1.54) is 20.8 Å². The summed E-state index contributed by atoms with van der Waals surface area (Å²) in [6, 6.07) is -1.09. The lowest BCUT2D eigenvalue weighted by atomic mass is 10.2. The first-order chi connectivity index (χ1) is 8.58. The highest BCUT2D eigenvalue weighted by molar-refractivity contribution is 7.89. The monoisotopic (exact) mass is 289 g/mol. The summed E-state index contributed by atoms with van der Waals surface area (Å²) in [5, 5.41) is 8.92. The summed E-state index contributed by atoms with van der Waals surface area (Å²) in [6.07, 6.45) is 0. The number of H-pyrrole nitrogens is 1. The number of nitrogens with one attached hydrogen (secondary N) is 2. The maximum Gasteiger partial charge on any atom is 0.352 e. The van der Waals surface area contributed by atoms with Crippen LogP contribution in [0.15, 0.2) is 4.90 Å². The van der Waals surface area contributed by atoms with E-state index >= 15 is 0 Å². The Kier molecular flexibility index (Phi) is 4.01. The Morgan fingerprint density at radius 2 is 1.89 bits per heavy atom. The first kappa shape index (κ1) is 15.2. The number of sulfonamides is 1. The van der Waals surface area contributed by atoms with Gasteiger partial charge in [0.1, 0.15) is 10.6 Å². The Balaban J connectivity index is 3.30. The summed E-state index contributed by atoms with van der Waals surface area (Å²) in [6.45, 7) is 4.11. The standard InChI is InChI=1S/C10H15N3O5S/c1-4-7(10(15)16)12-5(2)8(4)19(17,18)13-6(3)9(11)14/h6,12-13H,1-3H3,(H2,11,14)(H,15,16). The number of carbonyl (C=O) groups excluding carboxylic acids is 1. The molecular weight excluding hydrogens is 274 g/mol. The molecule has 1 aromatic heterocycles. The fraction of sp³-hybridized carbons (Fsp3) is 0.400. The third kappa shape index (κ3) is 2.93. The first-order valence-corrected chi connectivity index (χ1v) is 6.80. The van der Waals surface area contributed by atoms with Crippen molar-refractivity contribution in [3.05, 3.63) is 17.0 Å². The smallest absolute Gasteiger partial charge is 0.352 e. The first-order valence-electron chi connectivity index (χ1n) is 5.32. The third-order valence-corrected chi connectivity index (χ3v) is 4.42. The minimum absolute atomic E-state index is 0.0779. The third-order valence-electron chi connectivity index (χ3n) is 2.61. The van der Waals surface area contributed by atoms with Gasteiger partial charge in [-0.05, 0) is 20.8 Å². The molecule has 1 aromatic rings. The van der Waals surface area contributed by atoms with Crippen LogP contribution in [-0.2, 0) is 14.8 Å². The van der Waals surface area contributed by atoms with Crippen molar-refractivity contribution in [2.24, 2.45) is 5.73 Å². The molecule has 0 aromatic carbocycles. The van der Waals surface area contributed by atoms with Crippen LogP contribution in [0.25, 0.3) is 0 Å². The van der Waals surface area contributed by atoms with E-state index in [0.29, 0.717) is 0 Å². The number of primary amides is 1. The number of aryl methyl sites for hydroxylation is 1. The zero-order valence-corrected chi connectivity index (χ0v) is 11.5. The van der Waals surface area contributed by atoms with Gasteiger partial charge in [-0.15, -0.1) is 0 Å². The number of carboxylic acids is 1. The van der Waals surface area contributed by atoms with Gasteiger partial charge in [0.25, 0.3) is 0 Å². The normalized spacial score (nSPS) is 13.2. The predicted octanol–water partition coefficient (Wildman–Crippen LogP) is -0.518. The number of nitrogens with two attached hydrogens (primary N) is 1. The molecule has 0 saturated carbocycles. The van der Waals surface area contributed by atoms with Gasteiger partial charge in [-0.2, -0.15) is 4.72 Å². The summed E-state index contributed by atoms with van der Waals surface area (Å²) < 4.78 is 26.3. The van der Waals surface area contributed by atoms with E-state index in [2.05, 4.69) is 9.71 Å². The minimum Gasteiger partial charge on any atom is -0.477 e. The number of carbonyl (C=O) groups is 2. The Labute approximate surface area is 110 Å². The Hall–Kier alpha value is -1.87. The summed E-state index contributed by atoms with van der Waals surface area (Å²) in [7, 11) is -4.02. The van der Waals surface area contributed by atoms with Crippen molar-refractivity contribution in [1.82, 2.24) is 9.71 Å². The number of aromatic carboxylic acids is 1. The molecule has 9 heteroatoms. The SMILES string of the molecule is Cc1[nH]c(C(=O)O)c(C)c1S(=O)(=O)NC(C)C(N)=O. The quantitative estimate of drug-likeness (QED) is 0.577. The van der Waals surface area contributed by atoms with Crippen LogP contribution in [0.1, 0.15) is 28.7 Å². The molecule has 1 unspecified atom stereocenters. The molecule has 0 radical (unpaired) electrons. The van der Waals surface area contributed by atoms with Crippen molar-refractivity contribution in [1.29, 1.82) is 0 Å². The fourth-order valence-corrected chi connectivity index (χ4v) is 3.36. The number of hydrogen-bond donors (Lipinski definition) is 4. The van der Waals surface area contributed by atoms with Gasteiger partial charge in [0.2, 0.25) is 15.9 Å². The fourth-order valence-electron chi connectivity index (χ4n) is 1.70. The molecule has 0 aliphatic rings. The van der Waals surface area contributed by atoms with Crippen LogP contribution in [0, 0.1) is 13.8 Å². The number of rotatable bonds is 5. The van der Waals surface area contributed by atoms with Crippen molar-refractivity contribution < 1.29 is 23.1 Å². The summed E-state index contributed by atoms with van der Waals surface area (Å²) in [4.78, 5) is 24.1. The van der Waals surface area contributed by atoms with E-state index in [-0.39, 0.29) is 21.8 Å². The van der Waals surface area contributed by atoms with Crippen LogP contribution in [0.3, 0.4) is 0 Å². The Bertz CT molecular complexity index is 632. The highest BCUT2D eigenvalue weighted by atomic mass is 32.2. The number of hydrogen-bond acceptors (Lipinski definition) is 4. The molecule has 0 saturated heterocycles. The average Bonchev–Trinajstić information content (AvgIpc) is 2.53. The zero-order chi connectivity index (χ0) is 15.0. The summed E-state index contributed by atoms with van der Waals surface area (Å²) in [5.74, 6) is -2.09. The lowest BCUT2D eigenvalue weighted by Crippen LogP contribution is -2.42. The van der Waals surface area contributed by atoms with E-state index in [1.807, 2.05) is 0 Å². The minimum atomic E-state index is -4.02. The van der Waals surface area contributed by atoms with Crippen LogP contribution < -0.4 is 10.5 Å². The van der Waals surface area contributed by atoms with Crippen LogP contribution in [0.4, 0.5) is 0 Å². The number of aromatic amines is 1. The second kappa shape index (κ2) is 5.02. The van der Waals surface area contributed by atoms with Gasteiger partial charge in [0.05, 0.1) is 6.04 Å². The molecule has 106 valence electrons. The topological polar surface area (TPSA) is 142 Å². The molecular formula is C10H15N3O5S. The largest absolute Gasteiger partial charge is 0.477 e. The van der Waals surface area contributed by atoms with Crippen molar-refractivity contribution >= 4 is 21.9 Å². The molecule has 1 rings (SSSR count). The van der Waals surface area contributed by atoms with Gasteiger partial charge >= 0.3 is 5.97 Å². The van der Waals surface area contributed by atoms with E-state index in [0.717, 1.165) is 0 Å². The number of carboxylic acid groups (broad SMARTS) is 1. The molecule has 1 amide bonds.